The third-order valence-electron chi connectivity index (χ3n) is 5.10. The average molecular weight is 499 g/mol. The van der Waals surface area contributed by atoms with E-state index in [-0.39, 0.29) is 4.90 Å². The van der Waals surface area contributed by atoms with Crippen LogP contribution in [0.3, 0.4) is 0 Å². The molecule has 0 radical (unpaired) electrons. The molecular formula is C25H23ClN2O5S. The lowest BCUT2D eigenvalue weighted by molar-refractivity contribution is -1.73. The van der Waals surface area contributed by atoms with Crippen LogP contribution in [0.2, 0.25) is 0 Å². The van der Waals surface area contributed by atoms with Crippen LogP contribution in [0, 0.1) is 10.8 Å². The fraction of sp³-hybridized carbons (Fsp3) is 0.0800. The normalized spacial score (nSPS) is 11.1. The Balaban J connectivity index is 0.000000751. The van der Waals surface area contributed by atoms with Gasteiger partial charge in [0.25, 0.3) is 0 Å². The number of sulfonamides is 1. The summed E-state index contributed by atoms with van der Waals surface area (Å²) in [5.41, 5.74) is 5.63. The van der Waals surface area contributed by atoms with Crippen LogP contribution in [0.1, 0.15) is 5.56 Å². The van der Waals surface area contributed by atoms with Crippen LogP contribution < -0.4 is 23.7 Å². The SMILES string of the molecule is NS(=O)(=O)c1ccc(CC[n+]2c(-c3ccccc3)cccc2-c2ccccc2)cc1.[O-][Cl+2]([O-])[O-]. The lowest BCUT2D eigenvalue weighted by Crippen LogP contribution is -2.42. The Kier molecular flexibility index (Phi) is 8.89. The molecule has 34 heavy (non-hydrogen) atoms. The van der Waals surface area contributed by atoms with E-state index in [1.165, 1.54) is 0 Å². The van der Waals surface area contributed by atoms with Crippen molar-refractivity contribution in [2.45, 2.75) is 17.9 Å². The number of hydrogen-bond acceptors (Lipinski definition) is 5. The van der Waals surface area contributed by atoms with E-state index >= 15 is 0 Å². The second-order valence-electron chi connectivity index (χ2n) is 7.31. The van der Waals surface area contributed by atoms with Gasteiger partial charge in [0.05, 0.1) is 15.7 Å². The van der Waals surface area contributed by atoms with E-state index in [0.29, 0.717) is 0 Å². The van der Waals surface area contributed by atoms with Gasteiger partial charge in [-0.3, -0.25) is 0 Å². The predicted molar refractivity (Wildman–Crippen MR) is 119 cm³/mol. The van der Waals surface area contributed by atoms with Crippen LogP contribution in [-0.2, 0) is 23.0 Å². The maximum atomic E-state index is 11.5. The van der Waals surface area contributed by atoms with Crippen molar-refractivity contribution in [3.63, 3.8) is 0 Å². The highest BCUT2D eigenvalue weighted by molar-refractivity contribution is 7.89. The molecule has 9 heteroatoms. The smallest absolute Gasteiger partial charge is 0.238 e. The van der Waals surface area contributed by atoms with Crippen molar-refractivity contribution >= 4 is 10.0 Å². The van der Waals surface area contributed by atoms with Crippen LogP contribution in [0.15, 0.2) is 108 Å². The summed E-state index contributed by atoms with van der Waals surface area (Å²) in [6.45, 7) is 0.754. The van der Waals surface area contributed by atoms with Gasteiger partial charge in [0.2, 0.25) is 21.4 Å². The fourth-order valence-corrected chi connectivity index (χ4v) is 4.11. The van der Waals surface area contributed by atoms with Crippen LogP contribution in [-0.4, -0.2) is 8.42 Å². The van der Waals surface area contributed by atoms with E-state index < -0.39 is 20.8 Å². The van der Waals surface area contributed by atoms with E-state index in [1.54, 1.807) is 12.1 Å². The molecule has 0 fully saturated rings. The third-order valence-corrected chi connectivity index (χ3v) is 6.03. The summed E-state index contributed by atoms with van der Waals surface area (Å²) in [6, 6.07) is 33.8. The Bertz CT molecular complexity index is 1240. The van der Waals surface area contributed by atoms with Gasteiger partial charge in [-0.2, -0.15) is 4.57 Å². The molecule has 0 aliphatic heterocycles. The van der Waals surface area contributed by atoms with E-state index in [4.69, 9.17) is 19.1 Å². The molecule has 176 valence electrons. The largest absolute Gasteiger partial charge is 0.357 e. The first-order valence-corrected chi connectivity index (χ1v) is 12.7. The number of aromatic nitrogens is 1. The maximum Gasteiger partial charge on any atom is 0.238 e. The Labute approximate surface area is 201 Å². The van der Waals surface area contributed by atoms with Gasteiger partial charge in [-0.1, -0.05) is 48.5 Å². The molecule has 0 saturated heterocycles. The van der Waals surface area contributed by atoms with Crippen LogP contribution in [0.25, 0.3) is 22.5 Å². The molecule has 0 spiro atoms. The maximum absolute atomic E-state index is 11.5. The molecule has 1 aromatic heterocycles. The zero-order valence-corrected chi connectivity index (χ0v) is 19.7. The van der Waals surface area contributed by atoms with E-state index in [1.807, 2.05) is 48.5 Å². The lowest BCUT2D eigenvalue weighted by atomic mass is 10.1. The minimum Gasteiger partial charge on any atom is -0.357 e. The van der Waals surface area contributed by atoms with Gasteiger partial charge in [-0.15, -0.1) is 0 Å². The minimum atomic E-state index is -3.68. The molecule has 2 N–H and O–H groups in total. The Morgan fingerprint density at radius 3 is 1.53 bits per heavy atom. The van der Waals surface area contributed by atoms with E-state index in [0.717, 1.165) is 41.0 Å². The first-order chi connectivity index (χ1) is 16.3. The lowest BCUT2D eigenvalue weighted by Gasteiger charge is -2.10. The van der Waals surface area contributed by atoms with Gasteiger partial charge in [-0.05, 0) is 48.0 Å². The zero-order chi connectivity index (χ0) is 24.6. The Hall–Kier alpha value is -3.11. The molecule has 0 amide bonds. The number of nitrogens with zero attached hydrogens (tertiary/aromatic N) is 1. The number of hydrogen-bond donors (Lipinski definition) is 1. The summed E-state index contributed by atoms with van der Waals surface area (Å²) in [4.78, 5) is 0.133. The summed E-state index contributed by atoms with van der Waals surface area (Å²) in [7, 11) is -6.53. The predicted octanol–water partition coefficient (Wildman–Crippen LogP) is 0.631. The first-order valence-electron chi connectivity index (χ1n) is 10.2. The number of halogens is 1. The first kappa shape index (κ1) is 25.5. The topological polar surface area (TPSA) is 133 Å². The number of primary sulfonamides is 1. The van der Waals surface area contributed by atoms with Gasteiger partial charge in [0.15, 0.2) is 6.54 Å². The summed E-state index contributed by atoms with van der Waals surface area (Å²) in [5, 5.41) is 5.21. The number of rotatable bonds is 6. The molecule has 0 aliphatic rings. The van der Waals surface area contributed by atoms with E-state index in [9.17, 15) is 8.42 Å². The third kappa shape index (κ3) is 7.19. The Morgan fingerprint density at radius 2 is 1.12 bits per heavy atom. The van der Waals surface area contributed by atoms with Crippen LogP contribution >= 0.6 is 0 Å². The highest BCUT2D eigenvalue weighted by Crippen LogP contribution is 2.21. The van der Waals surface area contributed by atoms with Gasteiger partial charge in [0.1, 0.15) is 0 Å². The van der Waals surface area contributed by atoms with Gasteiger partial charge in [-0.25, -0.2) is 13.6 Å². The van der Waals surface area contributed by atoms with Crippen molar-refractivity contribution in [2.75, 3.05) is 0 Å². The Morgan fingerprint density at radius 1 is 0.676 bits per heavy atom. The summed E-state index contributed by atoms with van der Waals surface area (Å²) < 4.78 is 50.5. The van der Waals surface area contributed by atoms with Crippen molar-refractivity contribution in [2.24, 2.45) is 5.14 Å². The molecule has 0 saturated carbocycles. The number of benzene rings is 3. The summed E-state index contributed by atoms with van der Waals surface area (Å²) in [6.07, 6.45) is 0.763. The second-order valence-corrected chi connectivity index (χ2v) is 9.25. The van der Waals surface area contributed by atoms with Gasteiger partial charge >= 0.3 is 0 Å². The highest BCUT2D eigenvalue weighted by atomic mass is 35.6. The van der Waals surface area contributed by atoms with E-state index in [2.05, 4.69) is 47.0 Å². The molecule has 4 aromatic rings. The van der Waals surface area contributed by atoms with Crippen molar-refractivity contribution in [3.8, 4) is 22.5 Å². The van der Waals surface area contributed by atoms with Crippen molar-refractivity contribution < 1.29 is 37.7 Å². The highest BCUT2D eigenvalue weighted by Gasteiger charge is 2.19. The van der Waals surface area contributed by atoms with Gasteiger partial charge in [0, 0.05) is 29.7 Å². The second kappa shape index (κ2) is 11.8. The molecule has 0 atom stereocenters. The minimum absolute atomic E-state index is 0.133. The fourth-order valence-electron chi connectivity index (χ4n) is 3.59. The number of aryl methyl sites for hydroxylation is 1. The molecule has 0 unspecified atom stereocenters. The van der Waals surface area contributed by atoms with Crippen LogP contribution in [0.4, 0.5) is 0 Å². The monoisotopic (exact) mass is 498 g/mol. The molecular weight excluding hydrogens is 476 g/mol. The summed E-state index contributed by atoms with van der Waals surface area (Å²) >= 11 is 0. The molecule has 4 rings (SSSR count). The molecule has 3 aromatic carbocycles. The van der Waals surface area contributed by atoms with Crippen LogP contribution in [0.5, 0.6) is 0 Å². The molecule has 0 aliphatic carbocycles. The summed E-state index contributed by atoms with van der Waals surface area (Å²) in [5.74, 6) is 0. The number of pyridine rings is 1. The average Bonchev–Trinajstić information content (AvgIpc) is 2.83. The quantitative estimate of drug-likeness (QED) is 0.389. The van der Waals surface area contributed by atoms with Crippen molar-refractivity contribution in [3.05, 3.63) is 109 Å². The zero-order valence-electron chi connectivity index (χ0n) is 18.1. The van der Waals surface area contributed by atoms with Crippen molar-refractivity contribution in [1.82, 2.24) is 0 Å². The molecule has 1 heterocycles. The molecule has 7 nitrogen and oxygen atoms in total. The van der Waals surface area contributed by atoms with Gasteiger partial charge < -0.3 is 14.0 Å². The molecule has 0 bridgehead atoms. The van der Waals surface area contributed by atoms with Crippen molar-refractivity contribution in [1.29, 1.82) is 0 Å². The number of nitrogens with two attached hydrogens (primary N) is 1. The standard InChI is InChI=1S/C25H23N2O2S.ClO3/c26-30(28,29)23-16-14-20(15-17-23)18-19-27-24(21-8-3-1-4-9-21)12-7-13-25(27)22-10-5-2-6-11-22;2-1(3)4/h1-17H,18-19H2,(H2,26,28,29);/q+1;-1.